The third kappa shape index (κ3) is 2.56. The Kier molecular flexibility index (Phi) is 4.06. The Morgan fingerprint density at radius 2 is 1.96 bits per heavy atom. The first-order chi connectivity index (χ1) is 12.0. The van der Waals surface area contributed by atoms with Gasteiger partial charge in [0.2, 0.25) is 0 Å². The van der Waals surface area contributed by atoms with Gasteiger partial charge in [0.05, 0.1) is 23.8 Å². The number of Topliss-reactive ketones (excluding diaryl/α,β-unsaturated/α-hetero) is 1. The molecular formula is C18H17BrO6. The van der Waals surface area contributed by atoms with Crippen LogP contribution in [0.4, 0.5) is 0 Å². The lowest BCUT2D eigenvalue weighted by Crippen LogP contribution is -2.39. The highest BCUT2D eigenvalue weighted by Crippen LogP contribution is 2.60. The summed E-state index contributed by atoms with van der Waals surface area (Å²) in [6.07, 6.45) is 0.649. The Morgan fingerprint density at radius 3 is 2.64 bits per heavy atom. The molecular weight excluding hydrogens is 392 g/mol. The number of carbonyl (C=O) groups excluding carboxylic acids is 3. The number of halogens is 1. The van der Waals surface area contributed by atoms with Crippen molar-refractivity contribution >= 4 is 33.7 Å². The number of hydrogen-bond acceptors (Lipinski definition) is 6. The molecule has 1 saturated heterocycles. The lowest BCUT2D eigenvalue weighted by molar-refractivity contribution is -0.154. The molecule has 1 heterocycles. The fourth-order valence-electron chi connectivity index (χ4n) is 4.39. The largest absolute Gasteiger partial charge is 0.497 e. The van der Waals surface area contributed by atoms with Crippen LogP contribution in [-0.4, -0.2) is 42.4 Å². The topological polar surface area (TPSA) is 78.9 Å². The summed E-state index contributed by atoms with van der Waals surface area (Å²) in [6, 6.07) is 6.60. The highest BCUT2D eigenvalue weighted by molar-refractivity contribution is 9.09. The molecule has 1 aliphatic heterocycles. The summed E-state index contributed by atoms with van der Waals surface area (Å²) in [5, 5.41) is 0. The van der Waals surface area contributed by atoms with Crippen molar-refractivity contribution < 1.29 is 28.6 Å². The maximum atomic E-state index is 12.5. The number of esters is 2. The van der Waals surface area contributed by atoms with E-state index >= 15 is 0 Å². The van der Waals surface area contributed by atoms with Gasteiger partial charge in [-0.15, -0.1) is 0 Å². The van der Waals surface area contributed by atoms with E-state index in [-0.39, 0.29) is 41.1 Å². The van der Waals surface area contributed by atoms with E-state index in [0.717, 1.165) is 6.42 Å². The number of alkyl halides is 1. The Morgan fingerprint density at radius 1 is 1.24 bits per heavy atom. The molecule has 4 rings (SSSR count). The normalized spacial score (nSPS) is 34.7. The Balaban J connectivity index is 1.41. The van der Waals surface area contributed by atoms with Gasteiger partial charge in [0, 0.05) is 11.5 Å². The number of ketones is 1. The lowest BCUT2D eigenvalue weighted by atomic mass is 9.80. The molecule has 2 bridgehead atoms. The van der Waals surface area contributed by atoms with Crippen molar-refractivity contribution in [1.29, 1.82) is 0 Å². The molecule has 6 unspecified atom stereocenters. The second kappa shape index (κ2) is 6.12. The molecule has 3 fully saturated rings. The van der Waals surface area contributed by atoms with Crippen LogP contribution in [0.5, 0.6) is 5.75 Å². The van der Waals surface area contributed by atoms with E-state index in [4.69, 9.17) is 14.2 Å². The fraction of sp³-hybridized carbons (Fsp3) is 0.500. The van der Waals surface area contributed by atoms with E-state index in [1.165, 1.54) is 0 Å². The third-order valence-corrected chi connectivity index (χ3v) is 6.75. The van der Waals surface area contributed by atoms with Gasteiger partial charge >= 0.3 is 11.9 Å². The molecule has 1 aromatic carbocycles. The van der Waals surface area contributed by atoms with Crippen LogP contribution in [0.15, 0.2) is 24.3 Å². The summed E-state index contributed by atoms with van der Waals surface area (Å²) < 4.78 is 15.7. The first kappa shape index (κ1) is 16.6. The van der Waals surface area contributed by atoms with E-state index < -0.39 is 17.8 Å². The van der Waals surface area contributed by atoms with Crippen molar-refractivity contribution in [2.24, 2.45) is 23.7 Å². The van der Waals surface area contributed by atoms with E-state index in [1.807, 2.05) is 0 Å². The molecule has 6 nitrogen and oxygen atoms in total. The summed E-state index contributed by atoms with van der Waals surface area (Å²) in [5.74, 6) is -1.29. The highest BCUT2D eigenvalue weighted by atomic mass is 79.9. The first-order valence-corrected chi connectivity index (χ1v) is 9.11. The molecule has 1 aromatic rings. The number of methoxy groups -OCH3 is 1. The average molecular weight is 409 g/mol. The Bertz CT molecular complexity index is 730. The van der Waals surface area contributed by atoms with Crippen LogP contribution in [0.2, 0.25) is 0 Å². The van der Waals surface area contributed by atoms with Crippen molar-refractivity contribution in [3.63, 3.8) is 0 Å². The van der Waals surface area contributed by atoms with Gasteiger partial charge in [0.1, 0.15) is 11.9 Å². The lowest BCUT2D eigenvalue weighted by Gasteiger charge is -2.26. The Labute approximate surface area is 152 Å². The molecule has 0 amide bonds. The Hall–Kier alpha value is -1.89. The van der Waals surface area contributed by atoms with Crippen molar-refractivity contribution in [3.05, 3.63) is 29.8 Å². The summed E-state index contributed by atoms with van der Waals surface area (Å²) in [4.78, 5) is 36.7. The zero-order valence-electron chi connectivity index (χ0n) is 13.5. The molecule has 7 heteroatoms. The van der Waals surface area contributed by atoms with Crippen LogP contribution in [0.25, 0.3) is 0 Å². The van der Waals surface area contributed by atoms with Crippen LogP contribution in [0.3, 0.4) is 0 Å². The molecule has 3 aliphatic rings. The molecule has 25 heavy (non-hydrogen) atoms. The minimum absolute atomic E-state index is 0.0185. The van der Waals surface area contributed by atoms with E-state index in [0.29, 0.717) is 11.3 Å². The number of fused-ring (bicyclic) bond motifs is 1. The summed E-state index contributed by atoms with van der Waals surface area (Å²) >= 11 is 3.55. The van der Waals surface area contributed by atoms with Crippen LogP contribution in [-0.2, 0) is 19.1 Å². The minimum Gasteiger partial charge on any atom is -0.497 e. The predicted octanol–water partition coefficient (Wildman–Crippen LogP) is 1.99. The monoisotopic (exact) mass is 408 g/mol. The smallest absolute Gasteiger partial charge is 0.310 e. The zero-order valence-corrected chi connectivity index (χ0v) is 15.1. The minimum atomic E-state index is -0.524. The van der Waals surface area contributed by atoms with Crippen LogP contribution in [0, 0.1) is 23.7 Å². The molecule has 0 radical (unpaired) electrons. The van der Waals surface area contributed by atoms with Crippen molar-refractivity contribution in [1.82, 2.24) is 0 Å². The van der Waals surface area contributed by atoms with E-state index in [9.17, 15) is 14.4 Å². The standard InChI is InChI=1S/C18H17BrO6/c1-23-9-4-2-8(3-5-9)12(20)7-24-17(21)13-10-6-11-14(13)18(22)25-16(11)15(10)19/h2-5,10-11,13-16H,6-7H2,1H3. The fourth-order valence-corrected chi connectivity index (χ4v) is 5.43. The number of rotatable bonds is 5. The zero-order chi connectivity index (χ0) is 17.7. The van der Waals surface area contributed by atoms with Gasteiger partial charge in [-0.25, -0.2) is 0 Å². The molecule has 6 atom stereocenters. The SMILES string of the molecule is COc1ccc(C(=O)COC(=O)C2C3CC4C(OC(=O)C42)C3Br)cc1. The molecule has 2 saturated carbocycles. The van der Waals surface area contributed by atoms with Gasteiger partial charge in [-0.1, -0.05) is 15.9 Å². The predicted molar refractivity (Wildman–Crippen MR) is 89.5 cm³/mol. The molecule has 0 spiro atoms. The van der Waals surface area contributed by atoms with Gasteiger partial charge < -0.3 is 14.2 Å². The van der Waals surface area contributed by atoms with Gasteiger partial charge in [-0.2, -0.15) is 0 Å². The third-order valence-electron chi connectivity index (χ3n) is 5.55. The quantitative estimate of drug-likeness (QED) is 0.421. The highest BCUT2D eigenvalue weighted by Gasteiger charge is 2.68. The van der Waals surface area contributed by atoms with Crippen LogP contribution < -0.4 is 4.74 Å². The number of ether oxygens (including phenoxy) is 3. The number of benzene rings is 1. The number of carbonyl (C=O) groups is 3. The maximum Gasteiger partial charge on any atom is 0.310 e. The summed E-state index contributed by atoms with van der Waals surface area (Å²) in [7, 11) is 1.55. The summed E-state index contributed by atoms with van der Waals surface area (Å²) in [6.45, 7) is -0.336. The van der Waals surface area contributed by atoms with Gasteiger partial charge in [-0.05, 0) is 36.6 Å². The van der Waals surface area contributed by atoms with Crippen LogP contribution >= 0.6 is 15.9 Å². The van der Waals surface area contributed by atoms with E-state index in [2.05, 4.69) is 15.9 Å². The second-order valence-electron chi connectivity index (χ2n) is 6.72. The molecule has 0 aromatic heterocycles. The van der Waals surface area contributed by atoms with Crippen molar-refractivity contribution in [3.8, 4) is 5.75 Å². The molecule has 0 N–H and O–H groups in total. The average Bonchev–Trinajstić information content (AvgIpc) is 3.23. The van der Waals surface area contributed by atoms with Crippen LogP contribution in [0.1, 0.15) is 16.8 Å². The first-order valence-electron chi connectivity index (χ1n) is 8.19. The van der Waals surface area contributed by atoms with Gasteiger partial charge in [-0.3, -0.25) is 14.4 Å². The summed E-state index contributed by atoms with van der Waals surface area (Å²) in [5.41, 5.74) is 0.445. The second-order valence-corrected chi connectivity index (χ2v) is 7.78. The number of hydrogen-bond donors (Lipinski definition) is 0. The van der Waals surface area contributed by atoms with Crippen molar-refractivity contribution in [2.75, 3.05) is 13.7 Å². The molecule has 132 valence electrons. The van der Waals surface area contributed by atoms with Gasteiger partial charge in [0.25, 0.3) is 0 Å². The van der Waals surface area contributed by atoms with E-state index in [1.54, 1.807) is 31.4 Å². The molecule has 2 aliphatic carbocycles. The maximum absolute atomic E-state index is 12.5. The van der Waals surface area contributed by atoms with Crippen molar-refractivity contribution in [2.45, 2.75) is 17.4 Å². The van der Waals surface area contributed by atoms with Gasteiger partial charge in [0.15, 0.2) is 12.4 Å².